The van der Waals surface area contributed by atoms with Gasteiger partial charge in [0.1, 0.15) is 0 Å². The van der Waals surface area contributed by atoms with Gasteiger partial charge < -0.3 is 19.7 Å². The molecule has 0 radical (unpaired) electrons. The molecule has 8 heteroatoms. The number of amides is 2. The summed E-state index contributed by atoms with van der Waals surface area (Å²) in [5.41, 5.74) is 0.559. The number of nitrogens with zero attached hydrogens (tertiary/aromatic N) is 2. The molecule has 0 bridgehead atoms. The smallest absolute Gasteiger partial charge is 0.251 e. The third kappa shape index (κ3) is 4.80. The molecule has 1 saturated heterocycles. The molecule has 0 unspecified atom stereocenters. The van der Waals surface area contributed by atoms with Crippen LogP contribution in [0.15, 0.2) is 18.2 Å². The molecule has 2 aliphatic rings. The number of fused-ring (bicyclic) bond motifs is 1. The van der Waals surface area contributed by atoms with Crippen molar-refractivity contribution in [1.29, 1.82) is 0 Å². The first-order valence-corrected chi connectivity index (χ1v) is 9.45. The van der Waals surface area contributed by atoms with Crippen LogP contribution in [0.2, 0.25) is 0 Å². The predicted octanol–water partition coefficient (Wildman–Crippen LogP) is 1.31. The quantitative estimate of drug-likeness (QED) is 0.721. The Morgan fingerprint density at radius 3 is 2.65 bits per heavy atom. The number of halogens is 1. The second-order valence-corrected chi connectivity index (χ2v) is 6.72. The summed E-state index contributed by atoms with van der Waals surface area (Å²) in [6.45, 7) is 4.64. The summed E-state index contributed by atoms with van der Waals surface area (Å²) in [7, 11) is 0. The Kier molecular flexibility index (Phi) is 6.57. The Hall–Kier alpha value is -1.99. The highest BCUT2D eigenvalue weighted by molar-refractivity contribution is 6.17. The summed E-state index contributed by atoms with van der Waals surface area (Å²) in [5, 5.41) is 2.93. The molecule has 7 nitrogen and oxygen atoms in total. The van der Waals surface area contributed by atoms with Gasteiger partial charge in [-0.25, -0.2) is 0 Å². The van der Waals surface area contributed by atoms with Crippen LogP contribution in [0.25, 0.3) is 0 Å². The van der Waals surface area contributed by atoms with Crippen LogP contribution in [0.1, 0.15) is 23.2 Å². The average molecular weight is 382 g/mol. The van der Waals surface area contributed by atoms with Crippen LogP contribution in [-0.2, 0) is 4.79 Å². The lowest BCUT2D eigenvalue weighted by molar-refractivity contribution is -0.132. The number of carbonyl (C=O) groups excluding carboxylic acids is 2. The average Bonchev–Trinajstić information content (AvgIpc) is 3.14. The largest absolute Gasteiger partial charge is 0.454 e. The monoisotopic (exact) mass is 381 g/mol. The molecule has 1 N–H and O–H groups in total. The van der Waals surface area contributed by atoms with Crippen LogP contribution < -0.4 is 14.8 Å². The molecule has 0 atom stereocenters. The van der Waals surface area contributed by atoms with Gasteiger partial charge in [0.15, 0.2) is 11.5 Å². The molecule has 0 aliphatic carbocycles. The normalized spacial score (nSPS) is 16.6. The second kappa shape index (κ2) is 9.09. The van der Waals surface area contributed by atoms with Crippen molar-refractivity contribution in [2.45, 2.75) is 12.8 Å². The van der Waals surface area contributed by atoms with Gasteiger partial charge in [-0.2, -0.15) is 0 Å². The second-order valence-electron chi connectivity index (χ2n) is 6.34. The molecule has 2 aliphatic heterocycles. The highest BCUT2D eigenvalue weighted by Gasteiger charge is 2.21. The van der Waals surface area contributed by atoms with Gasteiger partial charge in [-0.3, -0.25) is 14.5 Å². The summed E-state index contributed by atoms with van der Waals surface area (Å²) in [6.07, 6.45) is 1.25. The number of hydrogen-bond donors (Lipinski definition) is 1. The maximum Gasteiger partial charge on any atom is 0.251 e. The van der Waals surface area contributed by atoms with E-state index in [1.165, 1.54) is 0 Å². The predicted molar refractivity (Wildman–Crippen MR) is 97.9 cm³/mol. The molecular formula is C18H24ClN3O4. The standard InChI is InChI=1S/C18H24ClN3O4/c19-5-1-2-17(23)22-10-8-21(9-11-22)7-6-20-18(24)14-3-4-15-16(12-14)26-13-25-15/h3-4,12H,1-2,5-11,13H2,(H,20,24). The van der Waals surface area contributed by atoms with Gasteiger partial charge in [-0.15, -0.1) is 11.6 Å². The summed E-state index contributed by atoms with van der Waals surface area (Å²) in [6, 6.07) is 5.18. The van der Waals surface area contributed by atoms with Crippen molar-refractivity contribution in [3.63, 3.8) is 0 Å². The summed E-state index contributed by atoms with van der Waals surface area (Å²) >= 11 is 5.64. The van der Waals surface area contributed by atoms with Crippen LogP contribution >= 0.6 is 11.6 Å². The van der Waals surface area contributed by atoms with Crippen LogP contribution in [0.3, 0.4) is 0 Å². The fourth-order valence-electron chi connectivity index (χ4n) is 3.06. The minimum atomic E-state index is -0.127. The van der Waals surface area contributed by atoms with E-state index in [1.807, 2.05) is 4.90 Å². The van der Waals surface area contributed by atoms with Crippen molar-refractivity contribution in [2.75, 3.05) is 51.9 Å². The summed E-state index contributed by atoms with van der Waals surface area (Å²) in [4.78, 5) is 28.4. The van der Waals surface area contributed by atoms with Crippen LogP contribution in [0, 0.1) is 0 Å². The lowest BCUT2D eigenvalue weighted by Gasteiger charge is -2.34. The molecule has 2 amide bonds. The lowest BCUT2D eigenvalue weighted by atomic mass is 10.2. The SMILES string of the molecule is O=C(NCCN1CCN(C(=O)CCCCl)CC1)c1ccc2c(c1)OCO2. The minimum absolute atomic E-state index is 0.127. The molecular weight excluding hydrogens is 358 g/mol. The van der Waals surface area contributed by atoms with E-state index in [9.17, 15) is 9.59 Å². The van der Waals surface area contributed by atoms with Gasteiger partial charge in [0.2, 0.25) is 12.7 Å². The molecule has 0 spiro atoms. The topological polar surface area (TPSA) is 71.1 Å². The maximum atomic E-state index is 12.2. The molecule has 2 heterocycles. The molecule has 26 heavy (non-hydrogen) atoms. The van der Waals surface area contributed by atoms with E-state index in [4.69, 9.17) is 21.1 Å². The van der Waals surface area contributed by atoms with Crippen molar-refractivity contribution in [3.8, 4) is 11.5 Å². The molecule has 1 aromatic carbocycles. The number of hydrogen-bond acceptors (Lipinski definition) is 5. The lowest BCUT2D eigenvalue weighted by Crippen LogP contribution is -2.50. The molecule has 1 fully saturated rings. The van der Waals surface area contributed by atoms with Gasteiger partial charge in [0, 0.05) is 57.1 Å². The Morgan fingerprint density at radius 1 is 1.12 bits per heavy atom. The summed E-state index contributed by atoms with van der Waals surface area (Å²) in [5.74, 6) is 1.85. The molecule has 3 rings (SSSR count). The van der Waals surface area contributed by atoms with E-state index < -0.39 is 0 Å². The molecule has 1 aromatic rings. The maximum absolute atomic E-state index is 12.2. The van der Waals surface area contributed by atoms with Crippen LogP contribution in [0.5, 0.6) is 11.5 Å². The van der Waals surface area contributed by atoms with E-state index in [1.54, 1.807) is 18.2 Å². The van der Waals surface area contributed by atoms with Crippen molar-refractivity contribution >= 4 is 23.4 Å². The van der Waals surface area contributed by atoms with E-state index in [-0.39, 0.29) is 18.6 Å². The number of alkyl halides is 1. The third-order valence-corrected chi connectivity index (χ3v) is 4.86. The third-order valence-electron chi connectivity index (χ3n) is 4.60. The summed E-state index contributed by atoms with van der Waals surface area (Å²) < 4.78 is 10.5. The zero-order valence-electron chi connectivity index (χ0n) is 14.7. The van der Waals surface area contributed by atoms with Gasteiger partial charge in [0.05, 0.1) is 0 Å². The Bertz CT molecular complexity index is 647. The van der Waals surface area contributed by atoms with Crippen molar-refractivity contribution in [3.05, 3.63) is 23.8 Å². The van der Waals surface area contributed by atoms with Gasteiger partial charge in [-0.1, -0.05) is 0 Å². The fraction of sp³-hybridized carbons (Fsp3) is 0.556. The van der Waals surface area contributed by atoms with Gasteiger partial charge >= 0.3 is 0 Å². The zero-order valence-corrected chi connectivity index (χ0v) is 15.5. The first-order chi connectivity index (χ1) is 12.7. The van der Waals surface area contributed by atoms with Crippen LogP contribution in [-0.4, -0.2) is 73.6 Å². The Balaban J connectivity index is 1.36. The van der Waals surface area contributed by atoms with Crippen molar-refractivity contribution in [2.24, 2.45) is 0 Å². The number of rotatable bonds is 7. The van der Waals surface area contributed by atoms with Crippen molar-refractivity contribution in [1.82, 2.24) is 15.1 Å². The highest BCUT2D eigenvalue weighted by atomic mass is 35.5. The van der Waals surface area contributed by atoms with Crippen molar-refractivity contribution < 1.29 is 19.1 Å². The molecule has 0 saturated carbocycles. The van der Waals surface area contributed by atoms with Gasteiger partial charge in [0.25, 0.3) is 5.91 Å². The van der Waals surface area contributed by atoms with E-state index in [0.717, 1.165) is 39.1 Å². The highest BCUT2D eigenvalue weighted by Crippen LogP contribution is 2.32. The van der Waals surface area contributed by atoms with Gasteiger partial charge in [-0.05, 0) is 24.6 Å². The minimum Gasteiger partial charge on any atom is -0.454 e. The first-order valence-electron chi connectivity index (χ1n) is 8.91. The number of carbonyl (C=O) groups is 2. The number of benzene rings is 1. The number of nitrogens with one attached hydrogen (secondary N) is 1. The first kappa shape index (κ1) is 18.8. The molecule has 142 valence electrons. The van der Waals surface area contributed by atoms with Crippen LogP contribution in [0.4, 0.5) is 0 Å². The van der Waals surface area contributed by atoms with E-state index >= 15 is 0 Å². The Labute approximate surface area is 158 Å². The zero-order chi connectivity index (χ0) is 18.4. The van der Waals surface area contributed by atoms with E-state index in [0.29, 0.717) is 35.9 Å². The van der Waals surface area contributed by atoms with E-state index in [2.05, 4.69) is 10.2 Å². The molecule has 0 aromatic heterocycles. The Morgan fingerprint density at radius 2 is 1.88 bits per heavy atom. The number of ether oxygens (including phenoxy) is 2. The fourth-order valence-corrected chi connectivity index (χ4v) is 3.20. The number of piperazine rings is 1.